The summed E-state index contributed by atoms with van der Waals surface area (Å²) in [6.07, 6.45) is -3.36. The van der Waals surface area contributed by atoms with Crippen molar-refractivity contribution in [2.75, 3.05) is 5.32 Å². The molecule has 0 atom stereocenters. The Kier molecular flexibility index (Phi) is 6.61. The average Bonchev–Trinajstić information content (AvgIpc) is 2.61. The number of nitrogens with one attached hydrogen (secondary N) is 2. The molecule has 2 aromatic rings. The third-order valence-electron chi connectivity index (χ3n) is 3.72. The third kappa shape index (κ3) is 6.26. The Hall–Kier alpha value is -3.10. The van der Waals surface area contributed by atoms with Crippen LogP contribution in [0, 0.1) is 12.8 Å². The Morgan fingerprint density at radius 2 is 1.89 bits per heavy atom. The predicted octanol–water partition coefficient (Wildman–Crippen LogP) is 3.81. The van der Waals surface area contributed by atoms with Gasteiger partial charge < -0.3 is 15.4 Å². The summed E-state index contributed by atoms with van der Waals surface area (Å²) in [7, 11) is 0. The molecule has 2 amide bonds. The molecule has 0 aliphatic rings. The fourth-order valence-electron chi connectivity index (χ4n) is 2.26. The molecule has 0 bridgehead atoms. The Balaban J connectivity index is 2.00. The van der Waals surface area contributed by atoms with Crippen LogP contribution in [0.25, 0.3) is 0 Å². The number of hydrogen-bond acceptors (Lipinski definition) is 4. The molecule has 0 unspecified atom stereocenters. The minimum atomic E-state index is -4.76. The van der Waals surface area contributed by atoms with Crippen LogP contribution in [-0.2, 0) is 11.3 Å². The molecule has 28 heavy (non-hydrogen) atoms. The van der Waals surface area contributed by atoms with Gasteiger partial charge in [0.15, 0.2) is 0 Å². The number of benzene rings is 1. The smallest absolute Gasteiger partial charge is 0.406 e. The number of anilines is 1. The maximum Gasteiger partial charge on any atom is 0.573 e. The van der Waals surface area contributed by atoms with E-state index in [1.807, 2.05) is 0 Å². The minimum Gasteiger partial charge on any atom is -0.406 e. The summed E-state index contributed by atoms with van der Waals surface area (Å²) in [6, 6.07) is 7.08. The van der Waals surface area contributed by atoms with Crippen LogP contribution in [0.3, 0.4) is 0 Å². The maximum atomic E-state index is 12.3. The van der Waals surface area contributed by atoms with Crippen molar-refractivity contribution < 1.29 is 27.5 Å². The number of rotatable bonds is 6. The van der Waals surface area contributed by atoms with Crippen molar-refractivity contribution in [1.82, 2.24) is 10.3 Å². The molecule has 0 aliphatic heterocycles. The van der Waals surface area contributed by atoms with Crippen LogP contribution >= 0.6 is 0 Å². The standard InChI is InChI=1S/C19H20F3N3O3/c1-11(2)17(26)25-16-9-14(6-7-23-16)18(27)24-10-13-4-5-15(12(3)8-13)28-19(20,21)22/h4-9,11H,10H2,1-3H3,(H,24,27)(H,23,25,26). The molecule has 0 spiro atoms. The van der Waals surface area contributed by atoms with Gasteiger partial charge in [0.2, 0.25) is 5.91 Å². The maximum absolute atomic E-state index is 12.3. The van der Waals surface area contributed by atoms with E-state index in [1.165, 1.54) is 43.5 Å². The molecule has 0 saturated carbocycles. The Bertz CT molecular complexity index is 867. The van der Waals surface area contributed by atoms with Crippen LogP contribution in [0.5, 0.6) is 5.75 Å². The fourth-order valence-corrected chi connectivity index (χ4v) is 2.26. The van der Waals surface area contributed by atoms with E-state index in [-0.39, 0.29) is 29.9 Å². The number of carbonyl (C=O) groups is 2. The summed E-state index contributed by atoms with van der Waals surface area (Å²) in [5.41, 5.74) is 1.21. The van der Waals surface area contributed by atoms with Crippen LogP contribution in [-0.4, -0.2) is 23.2 Å². The lowest BCUT2D eigenvalue weighted by Crippen LogP contribution is -2.24. The molecule has 1 aromatic carbocycles. The van der Waals surface area contributed by atoms with E-state index in [0.29, 0.717) is 16.7 Å². The van der Waals surface area contributed by atoms with Gasteiger partial charge in [0.1, 0.15) is 11.6 Å². The number of nitrogens with zero attached hydrogens (tertiary/aromatic N) is 1. The Labute approximate surface area is 160 Å². The van der Waals surface area contributed by atoms with Crippen LogP contribution in [0.15, 0.2) is 36.5 Å². The molecule has 150 valence electrons. The van der Waals surface area contributed by atoms with Crippen molar-refractivity contribution in [1.29, 1.82) is 0 Å². The molecule has 2 N–H and O–H groups in total. The zero-order chi connectivity index (χ0) is 20.9. The number of aryl methyl sites for hydroxylation is 1. The van der Waals surface area contributed by atoms with E-state index in [1.54, 1.807) is 13.8 Å². The first kappa shape index (κ1) is 21.2. The second kappa shape index (κ2) is 8.73. The van der Waals surface area contributed by atoms with Gasteiger partial charge in [0.25, 0.3) is 5.91 Å². The predicted molar refractivity (Wildman–Crippen MR) is 96.7 cm³/mol. The number of alkyl halides is 3. The molecule has 0 fully saturated rings. The highest BCUT2D eigenvalue weighted by Gasteiger charge is 2.31. The van der Waals surface area contributed by atoms with Gasteiger partial charge in [-0.15, -0.1) is 13.2 Å². The molecule has 0 saturated heterocycles. The molecule has 1 aromatic heterocycles. The van der Waals surface area contributed by atoms with Crippen molar-refractivity contribution in [3.63, 3.8) is 0 Å². The summed E-state index contributed by atoms with van der Waals surface area (Å²) < 4.78 is 40.8. The number of halogens is 3. The van der Waals surface area contributed by atoms with Crippen LogP contribution < -0.4 is 15.4 Å². The minimum absolute atomic E-state index is 0.113. The van der Waals surface area contributed by atoms with E-state index in [0.717, 1.165) is 0 Å². The van der Waals surface area contributed by atoms with Gasteiger partial charge in [-0.05, 0) is 36.2 Å². The lowest BCUT2D eigenvalue weighted by Gasteiger charge is -2.13. The Morgan fingerprint density at radius 1 is 1.18 bits per heavy atom. The highest BCUT2D eigenvalue weighted by atomic mass is 19.4. The molecular formula is C19H20F3N3O3. The largest absolute Gasteiger partial charge is 0.573 e. The summed E-state index contributed by atoms with van der Waals surface area (Å²) in [5.74, 6) is -0.887. The van der Waals surface area contributed by atoms with Crippen LogP contribution in [0.2, 0.25) is 0 Å². The highest BCUT2D eigenvalue weighted by molar-refractivity contribution is 5.96. The first-order valence-corrected chi connectivity index (χ1v) is 8.45. The van der Waals surface area contributed by atoms with Gasteiger partial charge >= 0.3 is 6.36 Å². The average molecular weight is 395 g/mol. The van der Waals surface area contributed by atoms with E-state index in [9.17, 15) is 22.8 Å². The number of pyridine rings is 1. The van der Waals surface area contributed by atoms with Gasteiger partial charge in [-0.1, -0.05) is 26.0 Å². The summed E-state index contributed by atoms with van der Waals surface area (Å²) >= 11 is 0. The van der Waals surface area contributed by atoms with E-state index in [2.05, 4.69) is 20.4 Å². The van der Waals surface area contributed by atoms with E-state index in [4.69, 9.17) is 0 Å². The number of aromatic nitrogens is 1. The van der Waals surface area contributed by atoms with Crippen molar-refractivity contribution in [2.24, 2.45) is 5.92 Å². The molecule has 2 rings (SSSR count). The highest BCUT2D eigenvalue weighted by Crippen LogP contribution is 2.26. The summed E-state index contributed by atoms with van der Waals surface area (Å²) in [5, 5.41) is 5.28. The van der Waals surface area contributed by atoms with E-state index < -0.39 is 12.3 Å². The van der Waals surface area contributed by atoms with Gasteiger partial charge in [-0.3, -0.25) is 9.59 Å². The molecular weight excluding hydrogens is 375 g/mol. The summed E-state index contributed by atoms with van der Waals surface area (Å²) in [4.78, 5) is 28.0. The van der Waals surface area contributed by atoms with Gasteiger partial charge in [0, 0.05) is 24.2 Å². The number of ether oxygens (including phenoxy) is 1. The van der Waals surface area contributed by atoms with Gasteiger partial charge in [-0.25, -0.2) is 4.98 Å². The van der Waals surface area contributed by atoms with Crippen molar-refractivity contribution in [2.45, 2.75) is 33.7 Å². The zero-order valence-corrected chi connectivity index (χ0v) is 15.6. The second-order valence-corrected chi connectivity index (χ2v) is 6.40. The van der Waals surface area contributed by atoms with Crippen LogP contribution in [0.4, 0.5) is 19.0 Å². The van der Waals surface area contributed by atoms with Crippen molar-refractivity contribution in [3.05, 3.63) is 53.2 Å². The number of amides is 2. The zero-order valence-electron chi connectivity index (χ0n) is 15.6. The van der Waals surface area contributed by atoms with Crippen molar-refractivity contribution >= 4 is 17.6 Å². The van der Waals surface area contributed by atoms with Gasteiger partial charge in [-0.2, -0.15) is 0 Å². The quantitative estimate of drug-likeness (QED) is 0.779. The first-order chi connectivity index (χ1) is 13.0. The van der Waals surface area contributed by atoms with Gasteiger partial charge in [0.05, 0.1) is 0 Å². The molecule has 0 aliphatic carbocycles. The number of carbonyl (C=O) groups excluding carboxylic acids is 2. The normalized spacial score (nSPS) is 11.2. The SMILES string of the molecule is Cc1cc(CNC(=O)c2ccnc(NC(=O)C(C)C)c2)ccc1OC(F)(F)F. The lowest BCUT2D eigenvalue weighted by atomic mass is 10.1. The Morgan fingerprint density at radius 3 is 2.50 bits per heavy atom. The third-order valence-corrected chi connectivity index (χ3v) is 3.72. The first-order valence-electron chi connectivity index (χ1n) is 8.45. The topological polar surface area (TPSA) is 80.3 Å². The molecule has 9 heteroatoms. The van der Waals surface area contributed by atoms with Crippen molar-refractivity contribution in [3.8, 4) is 5.75 Å². The summed E-state index contributed by atoms with van der Waals surface area (Å²) in [6.45, 7) is 5.07. The molecule has 6 nitrogen and oxygen atoms in total. The second-order valence-electron chi connectivity index (χ2n) is 6.40. The van der Waals surface area contributed by atoms with Crippen LogP contribution in [0.1, 0.15) is 35.3 Å². The number of hydrogen-bond donors (Lipinski definition) is 2. The lowest BCUT2D eigenvalue weighted by molar-refractivity contribution is -0.274. The molecule has 1 heterocycles. The fraction of sp³-hybridized carbons (Fsp3) is 0.316. The monoisotopic (exact) mass is 395 g/mol. The molecule has 0 radical (unpaired) electrons. The van der Waals surface area contributed by atoms with E-state index >= 15 is 0 Å².